The number of hydrogen-bond donors (Lipinski definition) is 2. The Hall–Kier alpha value is -3.04. The van der Waals surface area contributed by atoms with E-state index in [2.05, 4.69) is 0 Å². The van der Waals surface area contributed by atoms with E-state index in [-0.39, 0.29) is 42.0 Å². The van der Waals surface area contributed by atoms with Crippen molar-refractivity contribution < 1.29 is 33.6 Å². The van der Waals surface area contributed by atoms with Gasteiger partial charge >= 0.3 is 0 Å². The first-order valence-corrected chi connectivity index (χ1v) is 9.51. The summed E-state index contributed by atoms with van der Waals surface area (Å²) in [5.74, 6) is -1.20. The molecule has 0 spiro atoms. The lowest BCUT2D eigenvalue weighted by molar-refractivity contribution is -0.135. The van der Waals surface area contributed by atoms with Gasteiger partial charge in [0.1, 0.15) is 12.4 Å². The van der Waals surface area contributed by atoms with Gasteiger partial charge in [0, 0.05) is 32.7 Å². The fourth-order valence-electron chi connectivity index (χ4n) is 3.39. The summed E-state index contributed by atoms with van der Waals surface area (Å²) >= 11 is 0. The number of phenols is 1. The minimum atomic E-state index is -0.778. The quantitative estimate of drug-likeness (QED) is 0.695. The molecule has 0 radical (unpaired) electrons. The van der Waals surface area contributed by atoms with Crippen molar-refractivity contribution >= 4 is 5.91 Å². The van der Waals surface area contributed by atoms with E-state index >= 15 is 0 Å². The Morgan fingerprint density at radius 2 is 1.93 bits per heavy atom. The van der Waals surface area contributed by atoms with Gasteiger partial charge in [-0.2, -0.15) is 0 Å². The molecule has 9 nitrogen and oxygen atoms in total. The van der Waals surface area contributed by atoms with Crippen molar-refractivity contribution in [1.82, 2.24) is 4.90 Å². The van der Waals surface area contributed by atoms with Crippen molar-refractivity contribution in [3.05, 3.63) is 51.6 Å². The highest BCUT2D eigenvalue weighted by atomic mass is 16.5. The van der Waals surface area contributed by atoms with Crippen molar-refractivity contribution in [2.24, 2.45) is 0 Å². The number of carbonyl (C=O) groups excluding carboxylic acids is 1. The first-order chi connectivity index (χ1) is 14.4. The molecule has 2 N–H and O–H groups in total. The van der Waals surface area contributed by atoms with Crippen molar-refractivity contribution in [2.45, 2.75) is 18.9 Å². The highest BCUT2D eigenvalue weighted by Crippen LogP contribution is 2.37. The zero-order chi connectivity index (χ0) is 21.7. The predicted octanol–water partition coefficient (Wildman–Crippen LogP) is 1.59. The number of methoxy groups -OCH3 is 2. The van der Waals surface area contributed by atoms with Crippen LogP contribution in [0.2, 0.25) is 0 Å². The van der Waals surface area contributed by atoms with Gasteiger partial charge in [-0.05, 0) is 17.7 Å². The van der Waals surface area contributed by atoms with Gasteiger partial charge in [-0.3, -0.25) is 9.59 Å². The largest absolute Gasteiger partial charge is 0.504 e. The maximum atomic E-state index is 12.9. The predicted molar refractivity (Wildman–Crippen MR) is 106 cm³/mol. The van der Waals surface area contributed by atoms with Gasteiger partial charge < -0.3 is 33.7 Å². The van der Waals surface area contributed by atoms with E-state index in [9.17, 15) is 19.8 Å². The van der Waals surface area contributed by atoms with Crippen molar-refractivity contribution in [3.63, 3.8) is 0 Å². The van der Waals surface area contributed by atoms with Crippen LogP contribution >= 0.6 is 0 Å². The third-order valence-electron chi connectivity index (χ3n) is 4.95. The molecule has 0 aliphatic carbocycles. The van der Waals surface area contributed by atoms with E-state index in [1.165, 1.54) is 20.3 Å². The molecule has 0 saturated carbocycles. The summed E-state index contributed by atoms with van der Waals surface area (Å²) in [5.41, 5.74) is -0.0860. The Morgan fingerprint density at radius 3 is 2.60 bits per heavy atom. The lowest BCUT2D eigenvalue weighted by Crippen LogP contribution is -2.41. The van der Waals surface area contributed by atoms with E-state index in [0.29, 0.717) is 31.9 Å². The van der Waals surface area contributed by atoms with Crippen LogP contribution in [0.4, 0.5) is 0 Å². The van der Waals surface area contributed by atoms with Gasteiger partial charge in [0.25, 0.3) is 0 Å². The third kappa shape index (κ3) is 4.74. The number of rotatable bonds is 7. The van der Waals surface area contributed by atoms with Crippen LogP contribution in [0.1, 0.15) is 29.4 Å². The fraction of sp³-hybridized carbons (Fsp3) is 0.429. The molecule has 1 saturated heterocycles. The number of morpholine rings is 1. The Kier molecular flexibility index (Phi) is 6.96. The average molecular weight is 419 g/mol. The molecule has 1 unspecified atom stereocenters. The normalized spacial score (nSPS) is 15.1. The SMILES string of the molecule is COCc1cc(=O)c(O)c(C(CC(=O)N2CCOCC2)c2ccc(O)c(OC)c2)o1. The molecule has 2 heterocycles. The molecule has 1 aliphatic rings. The summed E-state index contributed by atoms with van der Waals surface area (Å²) in [5, 5.41) is 20.4. The lowest BCUT2D eigenvalue weighted by Gasteiger charge is -2.28. The first kappa shape index (κ1) is 21.7. The second-order valence-electron chi connectivity index (χ2n) is 6.90. The van der Waals surface area contributed by atoms with Gasteiger partial charge in [0.05, 0.1) is 26.2 Å². The van der Waals surface area contributed by atoms with Crippen LogP contribution in [0.3, 0.4) is 0 Å². The lowest BCUT2D eigenvalue weighted by atomic mass is 9.91. The maximum absolute atomic E-state index is 12.9. The minimum absolute atomic E-state index is 0.0333. The second kappa shape index (κ2) is 9.64. The number of aromatic hydroxyl groups is 2. The van der Waals surface area contributed by atoms with Gasteiger partial charge in [-0.15, -0.1) is 0 Å². The summed E-state index contributed by atoms with van der Waals surface area (Å²) < 4.78 is 21.3. The topological polar surface area (TPSA) is 119 Å². The summed E-state index contributed by atoms with van der Waals surface area (Å²) in [7, 11) is 2.86. The van der Waals surface area contributed by atoms with Crippen LogP contribution in [-0.2, 0) is 20.9 Å². The smallest absolute Gasteiger partial charge is 0.227 e. The molecule has 30 heavy (non-hydrogen) atoms. The molecule has 162 valence electrons. The molecule has 2 aromatic rings. The second-order valence-corrected chi connectivity index (χ2v) is 6.90. The number of benzene rings is 1. The van der Waals surface area contributed by atoms with Crippen LogP contribution in [0, 0.1) is 0 Å². The number of amides is 1. The van der Waals surface area contributed by atoms with Crippen LogP contribution in [0.25, 0.3) is 0 Å². The molecule has 0 bridgehead atoms. The third-order valence-corrected chi connectivity index (χ3v) is 4.95. The zero-order valence-electron chi connectivity index (χ0n) is 16.9. The van der Waals surface area contributed by atoms with E-state index in [4.69, 9.17) is 18.6 Å². The maximum Gasteiger partial charge on any atom is 0.227 e. The summed E-state index contributed by atoms with van der Waals surface area (Å²) in [4.78, 5) is 26.9. The monoisotopic (exact) mass is 419 g/mol. The van der Waals surface area contributed by atoms with E-state index < -0.39 is 17.1 Å². The number of nitrogens with zero attached hydrogens (tertiary/aromatic N) is 1. The van der Waals surface area contributed by atoms with Gasteiger partial charge in [-0.1, -0.05) is 6.07 Å². The molecule has 9 heteroatoms. The summed E-state index contributed by atoms with van der Waals surface area (Å²) in [6.07, 6.45) is -0.0547. The van der Waals surface area contributed by atoms with Crippen LogP contribution < -0.4 is 10.2 Å². The molecular weight excluding hydrogens is 394 g/mol. The zero-order valence-corrected chi connectivity index (χ0v) is 16.9. The Bertz CT molecular complexity index is 949. The summed E-state index contributed by atoms with van der Waals surface area (Å²) in [6.45, 7) is 1.86. The standard InChI is InChI=1S/C21H25NO8/c1-27-12-14-10-17(24)20(26)21(30-14)15(11-19(25)22-5-7-29-8-6-22)13-3-4-16(23)18(9-13)28-2/h3-4,9-10,15,23,26H,5-8,11-12H2,1-2H3. The summed E-state index contributed by atoms with van der Waals surface area (Å²) in [6, 6.07) is 5.72. The molecule has 1 fully saturated rings. The number of hydrogen-bond acceptors (Lipinski definition) is 8. The molecular formula is C21H25NO8. The van der Waals surface area contributed by atoms with E-state index in [1.807, 2.05) is 0 Å². The highest BCUT2D eigenvalue weighted by molar-refractivity contribution is 5.78. The van der Waals surface area contributed by atoms with Gasteiger partial charge in [-0.25, -0.2) is 0 Å². The number of carbonyl (C=O) groups is 1. The highest BCUT2D eigenvalue weighted by Gasteiger charge is 2.29. The first-order valence-electron chi connectivity index (χ1n) is 9.51. The number of phenolic OH excluding ortho intramolecular Hbond substituents is 1. The molecule has 1 aliphatic heterocycles. The van der Waals surface area contributed by atoms with Crippen molar-refractivity contribution in [3.8, 4) is 17.2 Å². The van der Waals surface area contributed by atoms with E-state index in [1.54, 1.807) is 17.0 Å². The van der Waals surface area contributed by atoms with Crippen molar-refractivity contribution in [2.75, 3.05) is 40.5 Å². The Labute approximate surface area is 173 Å². The van der Waals surface area contributed by atoms with E-state index in [0.717, 1.165) is 6.07 Å². The molecule has 1 aromatic heterocycles. The Morgan fingerprint density at radius 1 is 1.20 bits per heavy atom. The molecule has 3 rings (SSSR count). The fourth-order valence-corrected chi connectivity index (χ4v) is 3.39. The molecule has 1 aromatic carbocycles. The van der Waals surface area contributed by atoms with Crippen molar-refractivity contribution in [1.29, 1.82) is 0 Å². The molecule has 1 atom stereocenters. The van der Waals surface area contributed by atoms with Crippen LogP contribution in [0.5, 0.6) is 17.2 Å². The molecule has 1 amide bonds. The van der Waals surface area contributed by atoms with Crippen LogP contribution in [-0.4, -0.2) is 61.5 Å². The van der Waals surface area contributed by atoms with Gasteiger partial charge in [0.15, 0.2) is 17.3 Å². The number of ether oxygens (including phenoxy) is 3. The van der Waals surface area contributed by atoms with Crippen LogP contribution in [0.15, 0.2) is 33.5 Å². The minimum Gasteiger partial charge on any atom is -0.504 e. The van der Waals surface area contributed by atoms with Gasteiger partial charge in [0.2, 0.25) is 17.1 Å². The Balaban J connectivity index is 2.05. The average Bonchev–Trinajstić information content (AvgIpc) is 2.76.